The molecule has 2 aromatic rings. The topological polar surface area (TPSA) is 41.5 Å². The first-order valence-electron chi connectivity index (χ1n) is 6.91. The molecule has 106 valence electrons. The molecule has 1 aliphatic heterocycles. The third kappa shape index (κ3) is 2.83. The quantitative estimate of drug-likeness (QED) is 0.841. The number of anilines is 1. The van der Waals surface area contributed by atoms with Crippen molar-refractivity contribution in [3.05, 3.63) is 58.6 Å². The number of halogens is 1. The number of aliphatic imine (C=N–C) groups is 1. The number of aryl methyl sites for hydroxylation is 1. The van der Waals surface area contributed by atoms with Crippen LogP contribution in [0.2, 0.25) is 5.02 Å². The van der Waals surface area contributed by atoms with Crippen molar-refractivity contribution < 1.29 is 4.79 Å². The molecule has 0 saturated carbocycles. The molecule has 0 fully saturated rings. The second kappa shape index (κ2) is 5.70. The Hall–Kier alpha value is -2.13. The van der Waals surface area contributed by atoms with Crippen LogP contribution in [0, 0.1) is 0 Å². The largest absolute Gasteiger partial charge is 0.325 e. The highest BCUT2D eigenvalue weighted by Crippen LogP contribution is 2.33. The maximum Gasteiger partial charge on any atom is 0.237 e. The van der Waals surface area contributed by atoms with Crippen LogP contribution >= 0.6 is 11.6 Å². The standard InChI is InChI=1S/C17H15ClN2O/c1-2-11-4-3-5-13(8-11)19-10-15-14-9-12(18)6-7-16(14)20-17(15)21/h3-10,15H,2H2,1H3,(H,20,21). The molecule has 1 heterocycles. The highest BCUT2D eigenvalue weighted by molar-refractivity contribution is 6.31. The van der Waals surface area contributed by atoms with Gasteiger partial charge in [-0.1, -0.05) is 30.7 Å². The zero-order valence-corrected chi connectivity index (χ0v) is 12.4. The van der Waals surface area contributed by atoms with Crippen LogP contribution in [0.15, 0.2) is 47.5 Å². The summed E-state index contributed by atoms with van der Waals surface area (Å²) in [5.41, 5.74) is 3.77. The van der Waals surface area contributed by atoms with E-state index in [0.29, 0.717) is 5.02 Å². The van der Waals surface area contributed by atoms with Crippen molar-refractivity contribution in [1.29, 1.82) is 0 Å². The van der Waals surface area contributed by atoms with E-state index in [2.05, 4.69) is 23.3 Å². The SMILES string of the molecule is CCc1cccc(N=CC2C(=O)Nc3ccc(Cl)cc32)c1. The van der Waals surface area contributed by atoms with E-state index in [-0.39, 0.29) is 11.8 Å². The maximum atomic E-state index is 12.0. The Balaban J connectivity index is 1.89. The molecular formula is C17H15ClN2O. The molecule has 0 aliphatic carbocycles. The molecule has 1 N–H and O–H groups in total. The Labute approximate surface area is 128 Å². The van der Waals surface area contributed by atoms with Crippen molar-refractivity contribution in [3.63, 3.8) is 0 Å². The minimum absolute atomic E-state index is 0.0670. The molecule has 1 atom stereocenters. The van der Waals surface area contributed by atoms with Gasteiger partial charge in [0.2, 0.25) is 5.91 Å². The van der Waals surface area contributed by atoms with E-state index in [0.717, 1.165) is 23.4 Å². The fourth-order valence-corrected chi connectivity index (χ4v) is 2.60. The normalized spacial score (nSPS) is 17.0. The highest BCUT2D eigenvalue weighted by Gasteiger charge is 2.29. The summed E-state index contributed by atoms with van der Waals surface area (Å²) in [4.78, 5) is 16.5. The van der Waals surface area contributed by atoms with Crippen molar-refractivity contribution >= 4 is 35.1 Å². The van der Waals surface area contributed by atoms with E-state index in [1.807, 2.05) is 30.3 Å². The number of fused-ring (bicyclic) bond motifs is 1. The van der Waals surface area contributed by atoms with E-state index in [4.69, 9.17) is 11.6 Å². The summed E-state index contributed by atoms with van der Waals surface area (Å²) in [6, 6.07) is 13.4. The van der Waals surface area contributed by atoms with E-state index in [1.165, 1.54) is 5.56 Å². The van der Waals surface area contributed by atoms with Crippen molar-refractivity contribution in [3.8, 4) is 0 Å². The molecule has 3 nitrogen and oxygen atoms in total. The lowest BCUT2D eigenvalue weighted by atomic mass is 10.0. The molecule has 2 aromatic carbocycles. The molecule has 1 amide bonds. The maximum absolute atomic E-state index is 12.0. The number of rotatable bonds is 3. The molecule has 0 bridgehead atoms. The molecule has 0 radical (unpaired) electrons. The van der Waals surface area contributed by atoms with Crippen molar-refractivity contribution in [2.24, 2.45) is 4.99 Å². The number of carbonyl (C=O) groups excluding carboxylic acids is 1. The van der Waals surface area contributed by atoms with Crippen molar-refractivity contribution in [2.75, 3.05) is 5.32 Å². The van der Waals surface area contributed by atoms with Gasteiger partial charge >= 0.3 is 0 Å². The summed E-state index contributed by atoms with van der Waals surface area (Å²) in [6.07, 6.45) is 2.65. The number of nitrogens with one attached hydrogen (secondary N) is 1. The number of nitrogens with zero attached hydrogens (tertiary/aromatic N) is 1. The number of carbonyl (C=O) groups is 1. The number of hydrogen-bond acceptors (Lipinski definition) is 2. The van der Waals surface area contributed by atoms with Gasteiger partial charge in [-0.05, 0) is 47.9 Å². The highest BCUT2D eigenvalue weighted by atomic mass is 35.5. The number of amides is 1. The van der Waals surface area contributed by atoms with E-state index in [9.17, 15) is 4.79 Å². The van der Waals surface area contributed by atoms with Gasteiger partial charge < -0.3 is 5.32 Å². The minimum atomic E-state index is -0.385. The van der Waals surface area contributed by atoms with E-state index < -0.39 is 0 Å². The second-order valence-corrected chi connectivity index (χ2v) is 5.44. The Morgan fingerprint density at radius 1 is 1.29 bits per heavy atom. The van der Waals surface area contributed by atoms with E-state index in [1.54, 1.807) is 12.3 Å². The Bertz CT molecular complexity index is 724. The van der Waals surface area contributed by atoms with Crippen LogP contribution in [-0.4, -0.2) is 12.1 Å². The first-order chi connectivity index (χ1) is 10.2. The molecule has 3 rings (SSSR count). The molecule has 1 aliphatic rings. The van der Waals surface area contributed by atoms with Gasteiger partial charge in [0.25, 0.3) is 0 Å². The van der Waals surface area contributed by atoms with Crippen LogP contribution < -0.4 is 5.32 Å². The van der Waals surface area contributed by atoms with Crippen molar-refractivity contribution in [1.82, 2.24) is 0 Å². The number of benzene rings is 2. The second-order valence-electron chi connectivity index (χ2n) is 5.00. The summed E-state index contributed by atoms with van der Waals surface area (Å²) in [5, 5.41) is 3.47. The van der Waals surface area contributed by atoms with Gasteiger partial charge in [-0.2, -0.15) is 0 Å². The van der Waals surface area contributed by atoms with E-state index >= 15 is 0 Å². The van der Waals surface area contributed by atoms with Crippen LogP contribution in [0.3, 0.4) is 0 Å². The molecule has 0 aromatic heterocycles. The third-order valence-electron chi connectivity index (χ3n) is 3.58. The van der Waals surface area contributed by atoms with Crippen LogP contribution in [0.1, 0.15) is 24.0 Å². The Morgan fingerprint density at radius 3 is 2.95 bits per heavy atom. The lowest BCUT2D eigenvalue weighted by Gasteiger charge is -2.03. The molecule has 4 heteroatoms. The van der Waals surface area contributed by atoms with Crippen LogP contribution in [0.25, 0.3) is 0 Å². The van der Waals surface area contributed by atoms with Gasteiger partial charge in [0.1, 0.15) is 5.92 Å². The summed E-state index contributed by atoms with van der Waals surface area (Å²) in [6.45, 7) is 2.10. The zero-order valence-electron chi connectivity index (χ0n) is 11.6. The summed E-state index contributed by atoms with van der Waals surface area (Å²) in [5.74, 6) is -0.452. The van der Waals surface area contributed by atoms with Crippen molar-refractivity contribution in [2.45, 2.75) is 19.3 Å². The first-order valence-corrected chi connectivity index (χ1v) is 7.28. The fraction of sp³-hybridized carbons (Fsp3) is 0.176. The predicted octanol–water partition coefficient (Wildman–Crippen LogP) is 4.34. The van der Waals surface area contributed by atoms with Gasteiger partial charge in [0, 0.05) is 16.9 Å². The zero-order chi connectivity index (χ0) is 14.8. The smallest absolute Gasteiger partial charge is 0.237 e. The van der Waals surface area contributed by atoms with Gasteiger partial charge in [0.05, 0.1) is 5.69 Å². The Kier molecular flexibility index (Phi) is 3.76. The van der Waals surface area contributed by atoms with Crippen LogP contribution in [0.4, 0.5) is 11.4 Å². The monoisotopic (exact) mass is 298 g/mol. The Morgan fingerprint density at radius 2 is 2.14 bits per heavy atom. The molecule has 0 saturated heterocycles. The molecule has 0 spiro atoms. The molecule has 21 heavy (non-hydrogen) atoms. The average Bonchev–Trinajstić information content (AvgIpc) is 2.80. The lowest BCUT2D eigenvalue weighted by Crippen LogP contribution is -2.12. The summed E-state index contributed by atoms with van der Waals surface area (Å²) < 4.78 is 0. The van der Waals surface area contributed by atoms with Gasteiger partial charge in [-0.3, -0.25) is 9.79 Å². The van der Waals surface area contributed by atoms with Crippen LogP contribution in [0.5, 0.6) is 0 Å². The van der Waals surface area contributed by atoms with Gasteiger partial charge in [-0.15, -0.1) is 0 Å². The average molecular weight is 299 g/mol. The first kappa shape index (κ1) is 13.8. The summed E-state index contributed by atoms with van der Waals surface area (Å²) >= 11 is 6.01. The van der Waals surface area contributed by atoms with Gasteiger partial charge in [0.15, 0.2) is 0 Å². The van der Waals surface area contributed by atoms with Crippen LogP contribution in [-0.2, 0) is 11.2 Å². The minimum Gasteiger partial charge on any atom is -0.325 e. The lowest BCUT2D eigenvalue weighted by molar-refractivity contribution is -0.115. The number of hydrogen-bond donors (Lipinski definition) is 1. The third-order valence-corrected chi connectivity index (χ3v) is 3.82. The summed E-state index contributed by atoms with van der Waals surface area (Å²) in [7, 11) is 0. The molecular weight excluding hydrogens is 284 g/mol. The predicted molar refractivity (Wildman–Crippen MR) is 86.8 cm³/mol. The van der Waals surface area contributed by atoms with Gasteiger partial charge in [-0.25, -0.2) is 0 Å². The fourth-order valence-electron chi connectivity index (χ4n) is 2.42. The molecule has 1 unspecified atom stereocenters.